The first-order valence-corrected chi connectivity index (χ1v) is 10.7. The van der Waals surface area contributed by atoms with Gasteiger partial charge in [-0.3, -0.25) is 4.79 Å². The lowest BCUT2D eigenvalue weighted by atomic mass is 10.0. The van der Waals surface area contributed by atoms with Crippen molar-refractivity contribution in [2.24, 2.45) is 0 Å². The van der Waals surface area contributed by atoms with E-state index in [4.69, 9.17) is 23.2 Å². The minimum Gasteiger partial charge on any atom is -0.321 e. The summed E-state index contributed by atoms with van der Waals surface area (Å²) in [4.78, 5) is 12.7. The predicted octanol–water partition coefficient (Wildman–Crippen LogP) is 4.62. The molecule has 0 radical (unpaired) electrons. The molecule has 1 amide bonds. The van der Waals surface area contributed by atoms with Crippen LogP contribution in [0.1, 0.15) is 35.3 Å². The number of sulfonamides is 1. The zero-order valence-electron chi connectivity index (χ0n) is 15.6. The topological polar surface area (TPSA) is 66.5 Å². The lowest BCUT2D eigenvalue weighted by molar-refractivity contribution is 0.102. The van der Waals surface area contributed by atoms with E-state index in [9.17, 15) is 13.2 Å². The summed E-state index contributed by atoms with van der Waals surface area (Å²) in [5.74, 6) is -0.423. The van der Waals surface area contributed by atoms with Gasteiger partial charge in [-0.25, -0.2) is 12.7 Å². The minimum atomic E-state index is -3.77. The van der Waals surface area contributed by atoms with Crippen molar-refractivity contribution in [1.82, 2.24) is 4.31 Å². The van der Waals surface area contributed by atoms with Gasteiger partial charge < -0.3 is 5.32 Å². The maximum Gasteiger partial charge on any atom is 0.255 e. The van der Waals surface area contributed by atoms with E-state index in [1.165, 1.54) is 32.3 Å². The third-order valence-corrected chi connectivity index (χ3v) is 6.92. The Morgan fingerprint density at radius 2 is 1.67 bits per heavy atom. The van der Waals surface area contributed by atoms with Gasteiger partial charge in [-0.05, 0) is 48.2 Å². The first-order chi connectivity index (χ1) is 12.6. The molecule has 27 heavy (non-hydrogen) atoms. The maximum absolute atomic E-state index is 12.8. The summed E-state index contributed by atoms with van der Waals surface area (Å²) in [5, 5.41) is 3.53. The molecule has 0 heterocycles. The number of hydrogen-bond acceptors (Lipinski definition) is 3. The first kappa shape index (κ1) is 21.7. The Labute approximate surface area is 170 Å². The Morgan fingerprint density at radius 3 is 2.22 bits per heavy atom. The quantitative estimate of drug-likeness (QED) is 0.729. The maximum atomic E-state index is 12.8. The largest absolute Gasteiger partial charge is 0.321 e. The normalized spacial score (nSPS) is 11.7. The predicted molar refractivity (Wildman–Crippen MR) is 110 cm³/mol. The number of rotatable bonds is 6. The summed E-state index contributed by atoms with van der Waals surface area (Å²) >= 11 is 12.3. The minimum absolute atomic E-state index is 0.0616. The molecule has 5 nitrogen and oxygen atoms in total. The van der Waals surface area contributed by atoms with Gasteiger partial charge in [0.05, 0.1) is 5.02 Å². The Kier molecular flexibility index (Phi) is 6.92. The Bertz CT molecular complexity index is 973. The molecule has 2 aromatic carbocycles. The van der Waals surface area contributed by atoms with Gasteiger partial charge in [-0.1, -0.05) is 43.1 Å². The molecule has 0 bridgehead atoms. The molecule has 2 rings (SSSR count). The highest BCUT2D eigenvalue weighted by atomic mass is 35.5. The van der Waals surface area contributed by atoms with E-state index in [-0.39, 0.29) is 15.5 Å². The van der Waals surface area contributed by atoms with Crippen LogP contribution in [0.3, 0.4) is 0 Å². The second-order valence-electron chi connectivity index (χ2n) is 6.15. The molecular weight excluding hydrogens is 407 g/mol. The Hall–Kier alpha value is -1.60. The highest BCUT2D eigenvalue weighted by Gasteiger charge is 2.23. The summed E-state index contributed by atoms with van der Waals surface area (Å²) in [7, 11) is -0.952. The summed E-state index contributed by atoms with van der Waals surface area (Å²) in [6.45, 7) is 3.95. The lowest BCUT2D eigenvalue weighted by Gasteiger charge is -2.17. The molecule has 0 aliphatic carbocycles. The van der Waals surface area contributed by atoms with E-state index >= 15 is 0 Å². The van der Waals surface area contributed by atoms with E-state index in [0.29, 0.717) is 17.1 Å². The molecule has 0 aromatic heterocycles. The highest BCUT2D eigenvalue weighted by molar-refractivity contribution is 7.89. The van der Waals surface area contributed by atoms with Crippen molar-refractivity contribution in [3.05, 3.63) is 57.1 Å². The molecule has 0 aliphatic rings. The zero-order valence-corrected chi connectivity index (χ0v) is 18.0. The fourth-order valence-corrected chi connectivity index (χ4v) is 4.38. The number of nitrogens with zero attached hydrogens (tertiary/aromatic N) is 1. The van der Waals surface area contributed by atoms with E-state index in [0.717, 1.165) is 21.9 Å². The number of hydrogen-bond donors (Lipinski definition) is 1. The van der Waals surface area contributed by atoms with Crippen LogP contribution in [0.2, 0.25) is 10.0 Å². The second-order valence-corrected chi connectivity index (χ2v) is 9.09. The number of halogens is 2. The van der Waals surface area contributed by atoms with Crippen LogP contribution in [0.15, 0.2) is 35.2 Å². The second kappa shape index (κ2) is 8.61. The van der Waals surface area contributed by atoms with Crippen LogP contribution < -0.4 is 5.32 Å². The smallest absolute Gasteiger partial charge is 0.255 e. The molecule has 0 aliphatic heterocycles. The highest BCUT2D eigenvalue weighted by Crippen LogP contribution is 2.31. The number of nitrogens with one attached hydrogen (secondary N) is 1. The van der Waals surface area contributed by atoms with Gasteiger partial charge in [0.25, 0.3) is 5.91 Å². The molecule has 1 N–H and O–H groups in total. The van der Waals surface area contributed by atoms with E-state index < -0.39 is 15.9 Å². The van der Waals surface area contributed by atoms with Crippen LogP contribution in [-0.4, -0.2) is 32.7 Å². The Balaban J connectivity index is 2.48. The summed E-state index contributed by atoms with van der Waals surface area (Å²) < 4.78 is 25.9. The molecule has 8 heteroatoms. The molecule has 0 saturated heterocycles. The zero-order chi connectivity index (χ0) is 20.4. The van der Waals surface area contributed by atoms with Crippen LogP contribution in [0.5, 0.6) is 0 Å². The summed E-state index contributed by atoms with van der Waals surface area (Å²) in [6.07, 6.45) is 1.38. The van der Waals surface area contributed by atoms with Crippen LogP contribution in [0.25, 0.3) is 0 Å². The lowest BCUT2D eigenvalue weighted by Crippen LogP contribution is -2.23. The average molecular weight is 429 g/mol. The van der Waals surface area contributed by atoms with E-state index in [2.05, 4.69) is 5.32 Å². The van der Waals surface area contributed by atoms with Crippen molar-refractivity contribution in [2.75, 3.05) is 19.4 Å². The Morgan fingerprint density at radius 1 is 1.04 bits per heavy atom. The van der Waals surface area contributed by atoms with Gasteiger partial charge in [-0.2, -0.15) is 0 Å². The first-order valence-electron chi connectivity index (χ1n) is 8.47. The SMILES string of the molecule is CCc1ccc(Cl)c(CC)c1NC(=O)c1ccc(Cl)c(S(=O)(=O)N(C)C)c1. The number of anilines is 1. The van der Waals surface area contributed by atoms with Crippen molar-refractivity contribution in [2.45, 2.75) is 31.6 Å². The van der Waals surface area contributed by atoms with Gasteiger partial charge in [0.1, 0.15) is 4.90 Å². The molecule has 0 saturated carbocycles. The van der Waals surface area contributed by atoms with E-state index in [1.54, 1.807) is 0 Å². The van der Waals surface area contributed by atoms with Crippen LogP contribution in [0.4, 0.5) is 5.69 Å². The van der Waals surface area contributed by atoms with Gasteiger partial charge >= 0.3 is 0 Å². The number of aryl methyl sites for hydroxylation is 1. The third-order valence-electron chi connectivity index (χ3n) is 4.27. The summed E-state index contributed by atoms with van der Waals surface area (Å²) in [6, 6.07) is 7.88. The number of amides is 1. The van der Waals surface area contributed by atoms with Crippen molar-refractivity contribution in [1.29, 1.82) is 0 Å². The van der Waals surface area contributed by atoms with Gasteiger partial charge in [0.2, 0.25) is 10.0 Å². The van der Waals surface area contributed by atoms with Crippen LogP contribution in [0, 0.1) is 0 Å². The molecule has 2 aromatic rings. The monoisotopic (exact) mass is 428 g/mol. The molecule has 0 fully saturated rings. The average Bonchev–Trinajstić information content (AvgIpc) is 2.62. The molecule has 0 unspecified atom stereocenters. The van der Waals surface area contributed by atoms with Crippen LogP contribution in [-0.2, 0) is 22.9 Å². The number of carbonyl (C=O) groups is 1. The van der Waals surface area contributed by atoms with Crippen molar-refractivity contribution < 1.29 is 13.2 Å². The van der Waals surface area contributed by atoms with Gasteiger partial charge in [0, 0.05) is 30.4 Å². The van der Waals surface area contributed by atoms with E-state index in [1.807, 2.05) is 26.0 Å². The van der Waals surface area contributed by atoms with Crippen molar-refractivity contribution in [3.63, 3.8) is 0 Å². The van der Waals surface area contributed by atoms with Gasteiger partial charge in [-0.15, -0.1) is 0 Å². The van der Waals surface area contributed by atoms with Crippen LogP contribution >= 0.6 is 23.2 Å². The van der Waals surface area contributed by atoms with Crippen molar-refractivity contribution >= 4 is 44.8 Å². The fourth-order valence-electron chi connectivity index (χ4n) is 2.69. The summed E-state index contributed by atoms with van der Waals surface area (Å²) in [5.41, 5.74) is 2.67. The van der Waals surface area contributed by atoms with Crippen molar-refractivity contribution in [3.8, 4) is 0 Å². The van der Waals surface area contributed by atoms with Gasteiger partial charge in [0.15, 0.2) is 0 Å². The standard InChI is InChI=1S/C19H22Cl2N2O3S/c1-5-12-7-9-15(20)14(6-2)18(12)22-19(24)13-8-10-16(21)17(11-13)27(25,26)23(3)4/h7-11H,5-6H2,1-4H3,(H,22,24). The molecule has 0 spiro atoms. The number of benzene rings is 2. The molecule has 0 atom stereocenters. The fraction of sp³-hybridized carbons (Fsp3) is 0.316. The molecular formula is C19H22Cl2N2O3S. The molecule has 146 valence electrons. The third kappa shape index (κ3) is 4.46. The number of carbonyl (C=O) groups excluding carboxylic acids is 1.